The van der Waals surface area contributed by atoms with Crippen molar-refractivity contribution in [3.8, 4) is 5.75 Å². The van der Waals surface area contributed by atoms with Crippen LogP contribution in [-0.4, -0.2) is 13.7 Å². The third-order valence-electron chi connectivity index (χ3n) is 3.61. The number of furan rings is 1. The summed E-state index contributed by atoms with van der Waals surface area (Å²) >= 11 is 0. The van der Waals surface area contributed by atoms with Crippen molar-refractivity contribution < 1.29 is 13.5 Å². The van der Waals surface area contributed by atoms with Gasteiger partial charge in [0.1, 0.15) is 11.6 Å². The number of ether oxygens (including phenoxy) is 1. The summed E-state index contributed by atoms with van der Waals surface area (Å²) in [5.41, 5.74) is 1.48. The zero-order valence-electron chi connectivity index (χ0n) is 12.4. The highest BCUT2D eigenvalue weighted by molar-refractivity contribution is 5.83. The van der Waals surface area contributed by atoms with Gasteiger partial charge in [-0.3, -0.25) is 0 Å². The van der Waals surface area contributed by atoms with Crippen LogP contribution >= 0.6 is 0 Å². The molecule has 3 nitrogen and oxygen atoms in total. The highest BCUT2D eigenvalue weighted by Gasteiger charge is 2.08. The van der Waals surface area contributed by atoms with Crippen molar-refractivity contribution in [1.29, 1.82) is 0 Å². The number of hydrogen-bond acceptors (Lipinski definition) is 3. The van der Waals surface area contributed by atoms with Crippen LogP contribution in [-0.2, 0) is 13.0 Å². The molecule has 3 aromatic rings. The molecule has 2 aromatic carbocycles. The quantitative estimate of drug-likeness (QED) is 0.701. The molecule has 0 aliphatic carbocycles. The molecular weight excluding hydrogens is 281 g/mol. The average Bonchev–Trinajstić information content (AvgIpc) is 2.96. The van der Waals surface area contributed by atoms with Crippen LogP contribution < -0.4 is 10.1 Å². The Hall–Kier alpha value is -2.33. The second kappa shape index (κ2) is 6.62. The molecule has 0 aliphatic heterocycles. The lowest BCUT2D eigenvalue weighted by atomic mass is 10.1. The molecule has 114 valence electrons. The summed E-state index contributed by atoms with van der Waals surface area (Å²) in [5, 5.41) is 4.29. The number of benzene rings is 2. The van der Waals surface area contributed by atoms with Crippen molar-refractivity contribution in [3.63, 3.8) is 0 Å². The maximum atomic E-state index is 13.5. The minimum absolute atomic E-state index is 0.155. The van der Waals surface area contributed by atoms with Gasteiger partial charge in [0.2, 0.25) is 0 Å². The van der Waals surface area contributed by atoms with Gasteiger partial charge in [-0.2, -0.15) is 0 Å². The Kier molecular flexibility index (Phi) is 4.39. The summed E-state index contributed by atoms with van der Waals surface area (Å²) in [6.07, 6.45) is 0.649. The second-order valence-corrected chi connectivity index (χ2v) is 5.11. The highest BCUT2D eigenvalue weighted by Crippen LogP contribution is 2.28. The van der Waals surface area contributed by atoms with Gasteiger partial charge in [0, 0.05) is 5.39 Å². The molecular formula is C18H18FNO2. The van der Waals surface area contributed by atoms with E-state index in [1.54, 1.807) is 13.2 Å². The normalized spacial score (nSPS) is 11.0. The number of fused-ring (bicyclic) bond motifs is 1. The second-order valence-electron chi connectivity index (χ2n) is 5.11. The molecule has 0 amide bonds. The monoisotopic (exact) mass is 299 g/mol. The minimum Gasteiger partial charge on any atom is -0.493 e. The Bertz CT molecular complexity index is 767. The van der Waals surface area contributed by atoms with Crippen LogP contribution in [0.4, 0.5) is 4.39 Å². The molecule has 0 saturated heterocycles. The Morgan fingerprint density at radius 3 is 2.82 bits per heavy atom. The van der Waals surface area contributed by atoms with Crippen LogP contribution in [0.15, 0.2) is 52.9 Å². The largest absolute Gasteiger partial charge is 0.493 e. The van der Waals surface area contributed by atoms with E-state index in [1.807, 2.05) is 36.4 Å². The van der Waals surface area contributed by atoms with Crippen LogP contribution in [0, 0.1) is 5.82 Å². The summed E-state index contributed by atoms with van der Waals surface area (Å²) in [7, 11) is 1.63. The van der Waals surface area contributed by atoms with E-state index in [1.165, 1.54) is 6.07 Å². The summed E-state index contributed by atoms with van der Waals surface area (Å²) < 4.78 is 24.6. The van der Waals surface area contributed by atoms with E-state index in [2.05, 4.69) is 5.32 Å². The van der Waals surface area contributed by atoms with E-state index in [4.69, 9.17) is 9.15 Å². The SMILES string of the molecule is COc1cccc2cc(CNCCc3ccccc3F)oc12. The van der Waals surface area contributed by atoms with Gasteiger partial charge in [0.25, 0.3) is 0 Å². The fourth-order valence-electron chi connectivity index (χ4n) is 2.47. The first-order valence-electron chi connectivity index (χ1n) is 7.27. The molecule has 22 heavy (non-hydrogen) atoms. The van der Waals surface area contributed by atoms with Crippen molar-refractivity contribution in [2.45, 2.75) is 13.0 Å². The molecule has 0 fully saturated rings. The number of para-hydroxylation sites is 1. The first-order valence-corrected chi connectivity index (χ1v) is 7.27. The van der Waals surface area contributed by atoms with Gasteiger partial charge in [0.05, 0.1) is 13.7 Å². The van der Waals surface area contributed by atoms with Gasteiger partial charge in [-0.25, -0.2) is 4.39 Å². The van der Waals surface area contributed by atoms with Crippen LogP contribution in [0.3, 0.4) is 0 Å². The molecule has 1 heterocycles. The van der Waals surface area contributed by atoms with Crippen molar-refractivity contribution in [1.82, 2.24) is 5.32 Å². The highest BCUT2D eigenvalue weighted by atomic mass is 19.1. The number of nitrogens with one attached hydrogen (secondary N) is 1. The molecule has 0 atom stereocenters. The molecule has 0 bridgehead atoms. The van der Waals surface area contributed by atoms with E-state index >= 15 is 0 Å². The molecule has 0 unspecified atom stereocenters. The minimum atomic E-state index is -0.155. The Balaban J connectivity index is 1.59. The third-order valence-corrected chi connectivity index (χ3v) is 3.61. The molecule has 0 saturated carbocycles. The summed E-state index contributed by atoms with van der Waals surface area (Å²) in [6, 6.07) is 14.6. The maximum absolute atomic E-state index is 13.5. The van der Waals surface area contributed by atoms with E-state index in [9.17, 15) is 4.39 Å². The third kappa shape index (κ3) is 3.12. The predicted octanol–water partition coefficient (Wildman–Crippen LogP) is 3.91. The smallest absolute Gasteiger partial charge is 0.176 e. The summed E-state index contributed by atoms with van der Waals surface area (Å²) in [5.74, 6) is 1.42. The van der Waals surface area contributed by atoms with E-state index < -0.39 is 0 Å². The molecule has 4 heteroatoms. The number of hydrogen-bond donors (Lipinski definition) is 1. The Morgan fingerprint density at radius 1 is 1.14 bits per heavy atom. The topological polar surface area (TPSA) is 34.4 Å². The molecule has 0 aliphatic rings. The van der Waals surface area contributed by atoms with E-state index in [0.29, 0.717) is 19.5 Å². The number of methoxy groups -OCH3 is 1. The first-order chi connectivity index (χ1) is 10.8. The fourth-order valence-corrected chi connectivity index (χ4v) is 2.47. The molecule has 3 rings (SSSR count). The lowest BCUT2D eigenvalue weighted by Gasteiger charge is -2.04. The van der Waals surface area contributed by atoms with Gasteiger partial charge in [-0.05, 0) is 36.7 Å². The predicted molar refractivity (Wildman–Crippen MR) is 84.6 cm³/mol. The summed E-state index contributed by atoms with van der Waals surface area (Å²) in [6.45, 7) is 1.29. The van der Waals surface area contributed by atoms with E-state index in [-0.39, 0.29) is 5.82 Å². The molecule has 0 radical (unpaired) electrons. The van der Waals surface area contributed by atoms with Crippen molar-refractivity contribution in [2.75, 3.05) is 13.7 Å². The van der Waals surface area contributed by atoms with Crippen LogP contribution in [0.25, 0.3) is 11.0 Å². The standard InChI is InChI=1S/C18H18FNO2/c1-21-17-8-4-6-14-11-15(22-18(14)17)12-20-10-9-13-5-2-3-7-16(13)19/h2-8,11,20H,9-10,12H2,1H3. The van der Waals surface area contributed by atoms with Crippen molar-refractivity contribution in [3.05, 3.63) is 65.7 Å². The van der Waals surface area contributed by atoms with Crippen molar-refractivity contribution >= 4 is 11.0 Å². The Labute approximate surface area is 128 Å². The number of halogens is 1. The summed E-state index contributed by atoms with van der Waals surface area (Å²) in [4.78, 5) is 0. The van der Waals surface area contributed by atoms with Gasteiger partial charge in [-0.15, -0.1) is 0 Å². The first kappa shape index (κ1) is 14.6. The Morgan fingerprint density at radius 2 is 2.00 bits per heavy atom. The van der Waals surface area contributed by atoms with E-state index in [0.717, 1.165) is 28.0 Å². The number of rotatable bonds is 6. The zero-order valence-corrected chi connectivity index (χ0v) is 12.4. The average molecular weight is 299 g/mol. The van der Waals surface area contributed by atoms with Gasteiger partial charge >= 0.3 is 0 Å². The molecule has 1 aromatic heterocycles. The van der Waals surface area contributed by atoms with Crippen LogP contribution in [0.2, 0.25) is 0 Å². The van der Waals surface area contributed by atoms with Crippen LogP contribution in [0.1, 0.15) is 11.3 Å². The van der Waals surface area contributed by atoms with Crippen molar-refractivity contribution in [2.24, 2.45) is 0 Å². The zero-order chi connectivity index (χ0) is 15.4. The lowest BCUT2D eigenvalue weighted by Crippen LogP contribution is -2.16. The van der Waals surface area contributed by atoms with Gasteiger partial charge in [0.15, 0.2) is 11.3 Å². The fraction of sp³-hybridized carbons (Fsp3) is 0.222. The maximum Gasteiger partial charge on any atom is 0.176 e. The van der Waals surface area contributed by atoms with Gasteiger partial charge in [-0.1, -0.05) is 30.3 Å². The van der Waals surface area contributed by atoms with Gasteiger partial charge < -0.3 is 14.5 Å². The molecule has 1 N–H and O–H groups in total. The van der Waals surface area contributed by atoms with Crippen LogP contribution in [0.5, 0.6) is 5.75 Å². The molecule has 0 spiro atoms. The lowest BCUT2D eigenvalue weighted by molar-refractivity contribution is 0.406.